The number of fused-ring (bicyclic) bond motifs is 1. The predicted octanol–water partition coefficient (Wildman–Crippen LogP) is 4.22. The van der Waals surface area contributed by atoms with Crippen molar-refractivity contribution in [3.8, 4) is 11.8 Å². The van der Waals surface area contributed by atoms with Crippen LogP contribution in [0.5, 0.6) is 0 Å². The number of rotatable bonds is 6. The van der Waals surface area contributed by atoms with Gasteiger partial charge in [-0.15, -0.1) is 0 Å². The van der Waals surface area contributed by atoms with Crippen molar-refractivity contribution in [2.24, 2.45) is 0 Å². The minimum Gasteiger partial charge on any atom is -0.328 e. The maximum atomic E-state index is 8.93. The highest BCUT2D eigenvalue weighted by Crippen LogP contribution is 2.18. The zero-order chi connectivity index (χ0) is 19.5. The quantitative estimate of drug-likeness (QED) is 0.464. The van der Waals surface area contributed by atoms with E-state index in [0.717, 1.165) is 34.9 Å². The molecule has 28 heavy (non-hydrogen) atoms. The molecule has 0 aliphatic heterocycles. The number of hydrogen-bond acceptors (Lipinski definition) is 4. The van der Waals surface area contributed by atoms with E-state index in [1.165, 1.54) is 0 Å². The van der Waals surface area contributed by atoms with Crippen LogP contribution in [0.4, 0.5) is 0 Å². The zero-order valence-electron chi connectivity index (χ0n) is 15.6. The molecule has 0 fully saturated rings. The molecule has 0 bridgehead atoms. The third kappa shape index (κ3) is 3.35. The molecule has 4 aromatic rings. The Morgan fingerprint density at radius 1 is 1.04 bits per heavy atom. The van der Waals surface area contributed by atoms with Crippen LogP contribution in [0.2, 0.25) is 0 Å². The molecule has 0 amide bonds. The highest BCUT2D eigenvalue weighted by atomic mass is 32.1. The molecule has 2 aromatic heterocycles. The van der Waals surface area contributed by atoms with Crippen LogP contribution in [0, 0.1) is 23.0 Å². The van der Waals surface area contributed by atoms with E-state index < -0.39 is 0 Å². The van der Waals surface area contributed by atoms with Gasteiger partial charge in [0.25, 0.3) is 0 Å². The minimum atomic E-state index is 0.380. The summed E-state index contributed by atoms with van der Waals surface area (Å²) in [6, 6.07) is 20.3. The average Bonchev–Trinajstić information content (AvgIpc) is 3.21. The monoisotopic (exact) mass is 388 g/mol. The summed E-state index contributed by atoms with van der Waals surface area (Å²) in [4.78, 5) is 4.64. The molecule has 2 heterocycles. The number of benzene rings is 2. The van der Waals surface area contributed by atoms with Crippen LogP contribution in [0.1, 0.15) is 18.1 Å². The Kier molecular flexibility index (Phi) is 5.04. The van der Waals surface area contributed by atoms with Crippen LogP contribution >= 0.6 is 12.2 Å². The third-order valence-electron chi connectivity index (χ3n) is 4.76. The lowest BCUT2D eigenvalue weighted by Gasteiger charge is -2.09. The summed E-state index contributed by atoms with van der Waals surface area (Å²) in [5.74, 6) is 1.86. The van der Waals surface area contributed by atoms with Crippen molar-refractivity contribution >= 4 is 23.3 Å². The van der Waals surface area contributed by atoms with Gasteiger partial charge in [-0.1, -0.05) is 30.3 Å². The lowest BCUT2D eigenvalue weighted by atomic mass is 10.3. The summed E-state index contributed by atoms with van der Waals surface area (Å²) in [5.41, 5.74) is 3.10. The maximum absolute atomic E-state index is 8.93. The summed E-state index contributed by atoms with van der Waals surface area (Å²) in [6.45, 7) is 3.27. The Bertz CT molecular complexity index is 1210. The van der Waals surface area contributed by atoms with Gasteiger partial charge >= 0.3 is 0 Å². The topological polar surface area (TPSA) is 64.4 Å². The first-order valence-electron chi connectivity index (χ1n) is 9.22. The van der Waals surface area contributed by atoms with Crippen LogP contribution in [0.25, 0.3) is 16.7 Å². The van der Waals surface area contributed by atoms with Gasteiger partial charge in [0.1, 0.15) is 11.6 Å². The SMILES string of the molecule is Cc1nc2ccccc2n1CCc1nn(CCC#N)c(=S)n1-c1ccccc1. The number of hydrogen-bond donors (Lipinski definition) is 0. The fraction of sp³-hybridized carbons (Fsp3) is 0.238. The molecule has 0 radical (unpaired) electrons. The molecule has 4 rings (SSSR count). The van der Waals surface area contributed by atoms with Crippen molar-refractivity contribution in [1.82, 2.24) is 23.9 Å². The van der Waals surface area contributed by atoms with Gasteiger partial charge in [-0.05, 0) is 43.4 Å². The molecule has 7 heteroatoms. The molecule has 0 unspecified atom stereocenters. The van der Waals surface area contributed by atoms with Gasteiger partial charge < -0.3 is 4.57 Å². The first kappa shape index (κ1) is 18.1. The summed E-state index contributed by atoms with van der Waals surface area (Å²) in [7, 11) is 0. The van der Waals surface area contributed by atoms with E-state index >= 15 is 0 Å². The first-order valence-corrected chi connectivity index (χ1v) is 9.63. The molecule has 0 aliphatic carbocycles. The molecule has 2 aromatic carbocycles. The van der Waals surface area contributed by atoms with E-state index in [1.807, 2.05) is 60.0 Å². The second kappa shape index (κ2) is 7.79. The molecular formula is C21H20N6S. The predicted molar refractivity (Wildman–Crippen MR) is 111 cm³/mol. The summed E-state index contributed by atoms with van der Waals surface area (Å²) < 4.78 is 6.58. The molecule has 140 valence electrons. The van der Waals surface area contributed by atoms with Crippen LogP contribution < -0.4 is 0 Å². The average molecular weight is 388 g/mol. The van der Waals surface area contributed by atoms with Gasteiger partial charge in [0.15, 0.2) is 0 Å². The van der Waals surface area contributed by atoms with Crippen molar-refractivity contribution in [1.29, 1.82) is 5.26 Å². The van der Waals surface area contributed by atoms with E-state index in [0.29, 0.717) is 24.2 Å². The normalized spacial score (nSPS) is 11.0. The Balaban J connectivity index is 1.71. The molecule has 0 aliphatic rings. The van der Waals surface area contributed by atoms with Crippen molar-refractivity contribution in [3.63, 3.8) is 0 Å². The van der Waals surface area contributed by atoms with E-state index in [4.69, 9.17) is 22.6 Å². The lowest BCUT2D eigenvalue weighted by molar-refractivity contribution is 0.599. The van der Waals surface area contributed by atoms with Crippen molar-refractivity contribution in [3.05, 3.63) is 71.0 Å². The number of imidazole rings is 1. The van der Waals surface area contributed by atoms with Gasteiger partial charge in [0, 0.05) is 18.7 Å². The van der Waals surface area contributed by atoms with Gasteiger partial charge in [-0.3, -0.25) is 4.57 Å². The number of aryl methyl sites for hydroxylation is 4. The minimum absolute atomic E-state index is 0.380. The fourth-order valence-corrected chi connectivity index (χ4v) is 3.79. The van der Waals surface area contributed by atoms with Gasteiger partial charge in [0.05, 0.1) is 30.1 Å². The van der Waals surface area contributed by atoms with Crippen molar-refractivity contribution in [2.45, 2.75) is 32.9 Å². The Labute approximate surface area is 168 Å². The summed E-state index contributed by atoms with van der Waals surface area (Å²) in [5, 5.41) is 13.7. The van der Waals surface area contributed by atoms with Crippen LogP contribution in [0.3, 0.4) is 0 Å². The first-order chi connectivity index (χ1) is 13.7. The Morgan fingerprint density at radius 3 is 2.57 bits per heavy atom. The van der Waals surface area contributed by atoms with E-state index in [1.54, 1.807) is 4.68 Å². The number of aromatic nitrogens is 5. The summed E-state index contributed by atoms with van der Waals surface area (Å²) >= 11 is 5.66. The number of nitrogens with zero attached hydrogens (tertiary/aromatic N) is 6. The van der Waals surface area contributed by atoms with Gasteiger partial charge in [0.2, 0.25) is 4.77 Å². The van der Waals surface area contributed by atoms with Crippen molar-refractivity contribution < 1.29 is 0 Å². The highest BCUT2D eigenvalue weighted by Gasteiger charge is 2.14. The lowest BCUT2D eigenvalue weighted by Crippen LogP contribution is -2.08. The van der Waals surface area contributed by atoms with Crippen molar-refractivity contribution in [2.75, 3.05) is 0 Å². The highest BCUT2D eigenvalue weighted by molar-refractivity contribution is 7.71. The second-order valence-electron chi connectivity index (χ2n) is 6.55. The molecule has 0 saturated carbocycles. The van der Waals surface area contributed by atoms with Gasteiger partial charge in [-0.25, -0.2) is 9.67 Å². The largest absolute Gasteiger partial charge is 0.328 e. The number of nitriles is 1. The van der Waals surface area contributed by atoms with E-state index in [-0.39, 0.29) is 0 Å². The molecular weight excluding hydrogens is 368 g/mol. The third-order valence-corrected chi connectivity index (χ3v) is 5.15. The molecule has 0 N–H and O–H groups in total. The number of para-hydroxylation sites is 3. The smallest absolute Gasteiger partial charge is 0.202 e. The maximum Gasteiger partial charge on any atom is 0.202 e. The van der Waals surface area contributed by atoms with Crippen LogP contribution in [-0.4, -0.2) is 23.9 Å². The van der Waals surface area contributed by atoms with Crippen LogP contribution in [0.15, 0.2) is 54.6 Å². The van der Waals surface area contributed by atoms with Gasteiger partial charge in [-0.2, -0.15) is 10.4 Å². The molecule has 0 spiro atoms. The second-order valence-corrected chi connectivity index (χ2v) is 6.92. The fourth-order valence-electron chi connectivity index (χ4n) is 3.44. The van der Waals surface area contributed by atoms with E-state index in [9.17, 15) is 0 Å². The molecule has 0 atom stereocenters. The summed E-state index contributed by atoms with van der Waals surface area (Å²) in [6.07, 6.45) is 1.09. The molecule has 6 nitrogen and oxygen atoms in total. The zero-order valence-corrected chi connectivity index (χ0v) is 16.4. The standard InChI is InChI=1S/C21H20N6S/c1-16-23-18-10-5-6-11-19(18)25(16)15-12-20-24-26(14-7-13-22)21(28)27(20)17-8-3-2-4-9-17/h2-6,8-11H,7,12,14-15H2,1H3. The Morgan fingerprint density at radius 2 is 1.79 bits per heavy atom. The van der Waals surface area contributed by atoms with Crippen LogP contribution in [-0.2, 0) is 19.5 Å². The molecule has 0 saturated heterocycles. The van der Waals surface area contributed by atoms with E-state index in [2.05, 4.69) is 21.7 Å². The Hall–Kier alpha value is -3.24.